The monoisotopic (exact) mass is 1570 g/mol. The normalized spacial score (nSPS) is 55.1. The van der Waals surface area contributed by atoms with Gasteiger partial charge in [-0.2, -0.15) is 0 Å². The van der Waals surface area contributed by atoms with Crippen molar-refractivity contribution >= 4 is 0 Å². The van der Waals surface area contributed by atoms with Crippen LogP contribution in [0.1, 0.15) is 98.8 Å². The molecule has 108 heavy (non-hydrogen) atoms. The Kier molecular flexibility index (Phi) is 27.8. The zero-order valence-corrected chi connectivity index (χ0v) is 61.3. The highest BCUT2D eigenvalue weighted by atomic mass is 16.8. The van der Waals surface area contributed by atoms with E-state index in [0.717, 1.165) is 32.1 Å². The third-order valence-corrected chi connectivity index (χ3v) is 26.7. The van der Waals surface area contributed by atoms with Gasteiger partial charge in [0.15, 0.2) is 49.8 Å². The summed E-state index contributed by atoms with van der Waals surface area (Å²) in [6.07, 6.45) is -56.3. The molecule has 0 aromatic carbocycles. The van der Waals surface area contributed by atoms with Gasteiger partial charge in [-0.05, 0) is 111 Å². The lowest BCUT2D eigenvalue weighted by Gasteiger charge is -2.61. The van der Waals surface area contributed by atoms with Gasteiger partial charge < -0.3 is 188 Å². The van der Waals surface area contributed by atoms with Gasteiger partial charge in [0, 0.05) is 19.4 Å². The average molecular weight is 1570 g/mol. The molecule has 4 aliphatic carbocycles. The van der Waals surface area contributed by atoms with Gasteiger partial charge in [-0.25, -0.2) is 0 Å². The van der Waals surface area contributed by atoms with Crippen LogP contribution in [0.15, 0.2) is 0 Å². The average Bonchev–Trinajstić information content (AvgIpc) is 1.52. The lowest BCUT2D eigenvalue weighted by Crippen LogP contribution is -2.68. The van der Waals surface area contributed by atoms with Crippen LogP contribution < -0.4 is 0 Å². The number of aliphatic hydroxyl groups is 22. The molecule has 12 rings (SSSR count). The van der Waals surface area contributed by atoms with Crippen molar-refractivity contribution in [1.29, 1.82) is 0 Å². The molecule has 0 amide bonds. The first-order valence-corrected chi connectivity index (χ1v) is 38.2. The minimum Gasteiger partial charge on any atom is -0.394 e. The van der Waals surface area contributed by atoms with Gasteiger partial charge in [-0.1, -0.05) is 27.7 Å². The third-order valence-electron chi connectivity index (χ3n) is 26.7. The maximum atomic E-state index is 12.8. The van der Waals surface area contributed by atoms with E-state index in [9.17, 15) is 112 Å². The molecule has 0 bridgehead atoms. The number of hydrogen-bond donors (Lipinski definition) is 22. The van der Waals surface area contributed by atoms with Crippen molar-refractivity contribution in [2.75, 3.05) is 53.4 Å². The van der Waals surface area contributed by atoms with Gasteiger partial charge in [-0.3, -0.25) is 0 Å². The predicted octanol–water partition coefficient (Wildman–Crippen LogP) is -8.80. The highest BCUT2D eigenvalue weighted by Gasteiger charge is 2.70. The highest BCUT2D eigenvalue weighted by Crippen LogP contribution is 2.71. The van der Waals surface area contributed by atoms with Crippen LogP contribution in [0.25, 0.3) is 0 Å². The summed E-state index contributed by atoms with van der Waals surface area (Å²) in [7, 11) is 1.68. The van der Waals surface area contributed by atoms with Crippen LogP contribution in [-0.4, -0.2) is 399 Å². The number of fused-ring (bicyclic) bond motifs is 7. The summed E-state index contributed by atoms with van der Waals surface area (Å²) in [5.41, 5.74) is -0.251. The number of rotatable bonds is 25. The second kappa shape index (κ2) is 35.0. The maximum absolute atomic E-state index is 12.8. The summed E-state index contributed by atoms with van der Waals surface area (Å²) >= 11 is 0. The van der Waals surface area contributed by atoms with Crippen molar-refractivity contribution in [2.45, 2.75) is 332 Å². The first-order chi connectivity index (χ1) is 51.3. The predicted molar refractivity (Wildman–Crippen MR) is 353 cm³/mol. The van der Waals surface area contributed by atoms with Crippen molar-refractivity contribution < 1.29 is 188 Å². The molecule has 38 nitrogen and oxygen atoms in total. The molecule has 38 heteroatoms. The Morgan fingerprint density at radius 3 is 1.36 bits per heavy atom. The largest absolute Gasteiger partial charge is 0.394 e. The summed E-state index contributed by atoms with van der Waals surface area (Å²) in [5.74, 6) is 0.382. The molecular formula is C70H118O38. The zero-order valence-electron chi connectivity index (χ0n) is 61.3. The van der Waals surface area contributed by atoms with Gasteiger partial charge in [0.05, 0.1) is 64.6 Å². The fourth-order valence-electron chi connectivity index (χ4n) is 20.4. The summed E-state index contributed by atoms with van der Waals surface area (Å²) in [6, 6.07) is 0. The molecule has 8 saturated heterocycles. The molecule has 12 aliphatic rings. The Balaban J connectivity index is 0.741. The van der Waals surface area contributed by atoms with Gasteiger partial charge in [-0.15, -0.1) is 0 Å². The highest BCUT2D eigenvalue weighted by molar-refractivity contribution is 5.16. The molecule has 12 fully saturated rings. The van der Waals surface area contributed by atoms with Crippen molar-refractivity contribution in [3.8, 4) is 0 Å². The van der Waals surface area contributed by atoms with E-state index in [1.165, 1.54) is 6.92 Å². The summed E-state index contributed by atoms with van der Waals surface area (Å²) in [5, 5.41) is 240. The molecule has 4 saturated carbocycles. The number of hydrogen-bond acceptors (Lipinski definition) is 38. The quantitative estimate of drug-likeness (QED) is 0.0378. The fraction of sp³-hybridized carbons (Fsp3) is 1.00. The molecule has 8 heterocycles. The van der Waals surface area contributed by atoms with E-state index in [2.05, 4.69) is 20.8 Å². The minimum absolute atomic E-state index is 0.0156. The van der Waals surface area contributed by atoms with E-state index in [-0.39, 0.29) is 47.2 Å². The van der Waals surface area contributed by atoms with Gasteiger partial charge in [0.2, 0.25) is 0 Å². The van der Waals surface area contributed by atoms with Crippen molar-refractivity contribution in [3.63, 3.8) is 0 Å². The van der Waals surface area contributed by atoms with E-state index in [1.807, 2.05) is 6.92 Å². The van der Waals surface area contributed by atoms with Crippen molar-refractivity contribution in [2.24, 2.45) is 52.3 Å². The Labute approximate surface area is 623 Å². The molecule has 0 aromatic heterocycles. The second-order valence-corrected chi connectivity index (χ2v) is 32.8. The Bertz CT molecular complexity index is 2850. The number of ether oxygens (including phenoxy) is 16. The first-order valence-electron chi connectivity index (χ1n) is 38.2. The van der Waals surface area contributed by atoms with E-state index in [1.54, 1.807) is 7.11 Å². The summed E-state index contributed by atoms with van der Waals surface area (Å²) < 4.78 is 97.2. The number of aliphatic hydroxyl groups excluding tert-OH is 22. The van der Waals surface area contributed by atoms with Crippen LogP contribution in [0, 0.1) is 52.3 Å². The lowest BCUT2D eigenvalue weighted by molar-refractivity contribution is -0.405. The SMILES string of the molecule is CO[C@]1(CC[C@@H](C)CO[C@@H]2O[C@H](CO)[C@@H](O)[C@H](O)[C@H]2O)O[C@H]2C[C@H]3[C@@H]4CC[C@H]5C[C@@H](O[C@@H]6O[C@H](CO)[C@H](O[C@@H]7O[C@H](CO)[C@@H](O)[C@H](O[C@@H]8O[C@H](CO)[C@@H](O[C@@H]9O[C@@H](C)[C@H](O)[C@@H](O)[C@H]9O)[C@H](O)[C@H]8O)[C@H]7O)[C@H](O)[C@H]6O[C@@H]6O[C@H](CO)[C@@H](O)[C@H](O[C@@H]7O[C@H](CO)[C@@H](O)[C@H](O)[C@H]7O)[C@H]6O)CC[C@]5(C)[C@H]4CC[C@]3(C)[C@H]2[C@@H]1C. The molecule has 8 aliphatic heterocycles. The van der Waals surface area contributed by atoms with Crippen LogP contribution in [0.4, 0.5) is 0 Å². The standard InChI is InChI=1S/C70H118O38/c1-24(23-94-61-49(86)46(83)41(78)33(17-71)97-61)9-14-70(93-6)25(2)39-32(108-70)16-31-29-8-7-27-15-28(10-12-68(27,4)30(29)11-13-69(31,39)5)96-67-60(107-66-55(92)59(44(81)36(20-74)100-66)105-63-51(88)47(84)42(79)34(18-72)98-63)53(90)57(38(22-76)102-67)104-65-54(91)58(43(80)35(19-73)99-65)106-64-52(89)48(85)56(37(21-75)101-64)103-62-50(87)45(82)40(77)26(3)95-62/h24-67,71-92H,7-23H2,1-6H3/t24-,25+,26+,27+,28+,29-,30+,31+,32+,33-,34-,35-,36-,37-,38-,39+,40+,41-,42-,43-,44-,45-,46+,47+,48-,49-,50-,51-,52-,53+,54-,55-,56-,57+,58+,59+,60-,61-,62+,63+,64+,65+,66+,67-,68+,69+,70-/m1/s1. The minimum atomic E-state index is -2.21. The van der Waals surface area contributed by atoms with Crippen LogP contribution >= 0.6 is 0 Å². The van der Waals surface area contributed by atoms with Gasteiger partial charge in [0.25, 0.3) is 0 Å². The second-order valence-electron chi connectivity index (χ2n) is 32.8. The molecular weight excluding hydrogens is 1450 g/mol. The molecule has 22 N–H and O–H groups in total. The van der Waals surface area contributed by atoms with Crippen LogP contribution in [-0.2, 0) is 75.8 Å². The van der Waals surface area contributed by atoms with E-state index < -0.39 is 266 Å². The fourth-order valence-corrected chi connectivity index (χ4v) is 20.4. The Morgan fingerprint density at radius 2 is 0.824 bits per heavy atom. The Hall–Kier alpha value is -1.52. The van der Waals surface area contributed by atoms with Gasteiger partial charge >= 0.3 is 0 Å². The molecule has 0 spiro atoms. The van der Waals surface area contributed by atoms with E-state index in [0.29, 0.717) is 49.9 Å². The van der Waals surface area contributed by atoms with Crippen LogP contribution in [0.2, 0.25) is 0 Å². The molecule has 0 radical (unpaired) electrons. The van der Waals surface area contributed by atoms with Crippen LogP contribution in [0.5, 0.6) is 0 Å². The molecule has 47 atom stereocenters. The lowest BCUT2D eigenvalue weighted by atomic mass is 9.44. The zero-order chi connectivity index (χ0) is 78.2. The third kappa shape index (κ3) is 16.0. The van der Waals surface area contributed by atoms with Crippen molar-refractivity contribution in [1.82, 2.24) is 0 Å². The molecule has 626 valence electrons. The molecule has 0 aromatic rings. The maximum Gasteiger partial charge on any atom is 0.187 e. The summed E-state index contributed by atoms with van der Waals surface area (Å²) in [4.78, 5) is 0. The van der Waals surface area contributed by atoms with Crippen LogP contribution in [0.3, 0.4) is 0 Å². The topological polar surface area (TPSA) is 593 Å². The molecule has 0 unspecified atom stereocenters. The smallest absolute Gasteiger partial charge is 0.187 e. The van der Waals surface area contributed by atoms with E-state index in [4.69, 9.17) is 75.8 Å². The van der Waals surface area contributed by atoms with Crippen molar-refractivity contribution in [3.05, 3.63) is 0 Å². The first kappa shape index (κ1) is 85.8. The number of methoxy groups -OCH3 is 1. The summed E-state index contributed by atoms with van der Waals surface area (Å²) in [6.45, 7) is 5.14. The van der Waals surface area contributed by atoms with E-state index >= 15 is 0 Å². The van der Waals surface area contributed by atoms with Gasteiger partial charge in [0.1, 0.15) is 165 Å². The Morgan fingerprint density at radius 1 is 0.389 bits per heavy atom.